The average molecular weight is 361 g/mol. The molecule has 5 heteroatoms. The fourth-order valence-corrected chi connectivity index (χ4v) is 3.84. The van der Waals surface area contributed by atoms with Crippen LogP contribution in [0.3, 0.4) is 0 Å². The van der Waals surface area contributed by atoms with Crippen LogP contribution in [-0.4, -0.2) is 41.0 Å². The number of hydrogen-bond donors (Lipinski definition) is 0. The Bertz CT molecular complexity index is 957. The number of methoxy groups -OCH3 is 1. The molecule has 27 heavy (non-hydrogen) atoms. The summed E-state index contributed by atoms with van der Waals surface area (Å²) in [5.41, 5.74) is 3.00. The van der Waals surface area contributed by atoms with Gasteiger partial charge >= 0.3 is 0 Å². The van der Waals surface area contributed by atoms with Crippen LogP contribution in [0.1, 0.15) is 29.9 Å². The lowest BCUT2D eigenvalue weighted by Crippen LogP contribution is -2.40. The number of hydrogen-bond acceptors (Lipinski definition) is 4. The summed E-state index contributed by atoms with van der Waals surface area (Å²) < 4.78 is 5.48. The highest BCUT2D eigenvalue weighted by atomic mass is 16.5. The van der Waals surface area contributed by atoms with Gasteiger partial charge in [0.15, 0.2) is 0 Å². The lowest BCUT2D eigenvalue weighted by molar-refractivity contribution is -0.131. The van der Waals surface area contributed by atoms with Gasteiger partial charge in [-0.3, -0.25) is 14.8 Å². The van der Waals surface area contributed by atoms with Crippen LogP contribution >= 0.6 is 0 Å². The zero-order valence-electron chi connectivity index (χ0n) is 15.5. The molecule has 1 aliphatic rings. The molecule has 0 radical (unpaired) electrons. The van der Waals surface area contributed by atoms with Crippen LogP contribution < -0.4 is 4.74 Å². The third-order valence-corrected chi connectivity index (χ3v) is 5.25. The zero-order chi connectivity index (χ0) is 18.6. The molecule has 5 nitrogen and oxygen atoms in total. The van der Waals surface area contributed by atoms with E-state index in [0.29, 0.717) is 13.0 Å². The van der Waals surface area contributed by atoms with Crippen molar-refractivity contribution in [3.05, 3.63) is 66.1 Å². The van der Waals surface area contributed by atoms with Crippen LogP contribution in [0, 0.1) is 0 Å². The third-order valence-electron chi connectivity index (χ3n) is 5.25. The molecule has 4 rings (SSSR count). The third kappa shape index (κ3) is 3.77. The number of pyridine rings is 2. The van der Waals surface area contributed by atoms with Crippen molar-refractivity contribution < 1.29 is 9.53 Å². The second kappa shape index (κ2) is 7.74. The van der Waals surface area contributed by atoms with E-state index in [1.165, 1.54) is 0 Å². The zero-order valence-corrected chi connectivity index (χ0v) is 15.5. The van der Waals surface area contributed by atoms with E-state index in [0.717, 1.165) is 47.2 Å². The van der Waals surface area contributed by atoms with Crippen molar-refractivity contribution >= 4 is 16.8 Å². The molecule has 0 spiro atoms. The van der Waals surface area contributed by atoms with E-state index in [2.05, 4.69) is 16.0 Å². The van der Waals surface area contributed by atoms with Gasteiger partial charge in [0.25, 0.3) is 0 Å². The van der Waals surface area contributed by atoms with E-state index >= 15 is 0 Å². The number of likely N-dealkylation sites (tertiary alicyclic amines) is 1. The van der Waals surface area contributed by atoms with Crippen molar-refractivity contribution in [3.8, 4) is 5.75 Å². The Morgan fingerprint density at radius 2 is 2.15 bits per heavy atom. The predicted octanol–water partition coefficient (Wildman–Crippen LogP) is 3.59. The monoisotopic (exact) mass is 361 g/mol. The van der Waals surface area contributed by atoms with Gasteiger partial charge in [-0.25, -0.2) is 0 Å². The number of nitrogens with zero attached hydrogens (tertiary/aromatic N) is 3. The molecule has 1 aromatic carbocycles. The van der Waals surface area contributed by atoms with Gasteiger partial charge in [0.05, 0.1) is 19.0 Å². The number of amides is 1. The molecular formula is C22H23N3O2. The summed E-state index contributed by atoms with van der Waals surface area (Å²) in [6.07, 6.45) is 7.83. The second-order valence-corrected chi connectivity index (χ2v) is 7.01. The lowest BCUT2D eigenvalue weighted by Gasteiger charge is -2.33. The van der Waals surface area contributed by atoms with Crippen LogP contribution in [0.15, 0.2) is 55.0 Å². The number of fused-ring (bicyclic) bond motifs is 1. The molecule has 3 aromatic rings. The molecule has 1 unspecified atom stereocenters. The second-order valence-electron chi connectivity index (χ2n) is 7.01. The summed E-state index contributed by atoms with van der Waals surface area (Å²) in [6.45, 7) is 1.51. The largest absolute Gasteiger partial charge is 0.496 e. The molecule has 1 aliphatic heterocycles. The number of rotatable bonds is 4. The Morgan fingerprint density at radius 3 is 3.04 bits per heavy atom. The maximum atomic E-state index is 12.9. The van der Waals surface area contributed by atoms with Crippen LogP contribution in [0.25, 0.3) is 10.9 Å². The summed E-state index contributed by atoms with van der Waals surface area (Å²) in [7, 11) is 1.68. The van der Waals surface area contributed by atoms with Crippen molar-refractivity contribution in [1.82, 2.24) is 14.9 Å². The molecule has 0 N–H and O–H groups in total. The maximum absolute atomic E-state index is 12.9. The quantitative estimate of drug-likeness (QED) is 0.713. The summed E-state index contributed by atoms with van der Waals surface area (Å²) in [5.74, 6) is 1.27. The minimum atomic E-state index is 0.152. The molecule has 0 saturated carbocycles. The summed E-state index contributed by atoms with van der Waals surface area (Å²) in [5, 5.41) is 1.07. The first kappa shape index (κ1) is 17.5. The smallest absolute Gasteiger partial charge is 0.227 e. The number of para-hydroxylation sites is 1. The first-order valence-corrected chi connectivity index (χ1v) is 9.34. The number of carbonyl (C=O) groups is 1. The first-order chi connectivity index (χ1) is 13.2. The molecule has 0 aliphatic carbocycles. The number of aromatic nitrogens is 2. The Balaban J connectivity index is 1.48. The van der Waals surface area contributed by atoms with Crippen molar-refractivity contribution in [1.29, 1.82) is 0 Å². The average Bonchev–Trinajstić information content (AvgIpc) is 2.73. The highest BCUT2D eigenvalue weighted by Crippen LogP contribution is 2.32. The normalized spacial score (nSPS) is 17.1. The predicted molar refractivity (Wildman–Crippen MR) is 105 cm³/mol. The van der Waals surface area contributed by atoms with Crippen LogP contribution in [0.2, 0.25) is 0 Å². The molecule has 2 aromatic heterocycles. The topological polar surface area (TPSA) is 55.3 Å². The van der Waals surface area contributed by atoms with Crippen molar-refractivity contribution in [2.75, 3.05) is 20.2 Å². The van der Waals surface area contributed by atoms with E-state index in [1.807, 2.05) is 47.6 Å². The Kier molecular flexibility index (Phi) is 5.01. The summed E-state index contributed by atoms with van der Waals surface area (Å²) in [4.78, 5) is 23.6. The summed E-state index contributed by atoms with van der Waals surface area (Å²) >= 11 is 0. The molecule has 0 bridgehead atoms. The maximum Gasteiger partial charge on any atom is 0.227 e. The Hall–Kier alpha value is -2.95. The number of ether oxygens (including phenoxy) is 1. The van der Waals surface area contributed by atoms with Gasteiger partial charge in [-0.1, -0.05) is 18.2 Å². The molecular weight excluding hydrogens is 338 g/mol. The van der Waals surface area contributed by atoms with Crippen molar-refractivity contribution in [2.45, 2.75) is 25.2 Å². The first-order valence-electron chi connectivity index (χ1n) is 9.34. The highest BCUT2D eigenvalue weighted by molar-refractivity contribution is 5.82. The Labute approximate surface area is 159 Å². The molecule has 1 fully saturated rings. The molecule has 1 amide bonds. The molecule has 138 valence electrons. The van der Waals surface area contributed by atoms with Gasteiger partial charge in [-0.05, 0) is 36.6 Å². The lowest BCUT2D eigenvalue weighted by atomic mass is 9.90. The minimum Gasteiger partial charge on any atom is -0.496 e. The number of piperidine rings is 1. The Morgan fingerprint density at radius 1 is 1.26 bits per heavy atom. The highest BCUT2D eigenvalue weighted by Gasteiger charge is 2.26. The van der Waals surface area contributed by atoms with E-state index in [-0.39, 0.29) is 11.8 Å². The molecule has 1 atom stereocenters. The fourth-order valence-electron chi connectivity index (χ4n) is 3.84. The van der Waals surface area contributed by atoms with E-state index in [1.54, 1.807) is 13.3 Å². The van der Waals surface area contributed by atoms with Gasteiger partial charge in [0.2, 0.25) is 5.91 Å². The molecule has 1 saturated heterocycles. The molecule has 3 heterocycles. The van der Waals surface area contributed by atoms with Crippen molar-refractivity contribution in [3.63, 3.8) is 0 Å². The van der Waals surface area contributed by atoms with Gasteiger partial charge in [-0.15, -0.1) is 0 Å². The minimum absolute atomic E-state index is 0.152. The van der Waals surface area contributed by atoms with Crippen molar-refractivity contribution in [2.24, 2.45) is 0 Å². The van der Waals surface area contributed by atoms with Gasteiger partial charge in [0.1, 0.15) is 5.75 Å². The van der Waals surface area contributed by atoms with Crippen LogP contribution in [-0.2, 0) is 11.2 Å². The van der Waals surface area contributed by atoms with E-state index in [9.17, 15) is 4.79 Å². The number of benzene rings is 1. The summed E-state index contributed by atoms with van der Waals surface area (Å²) in [6, 6.07) is 11.9. The number of carbonyl (C=O) groups excluding carboxylic acids is 1. The van der Waals surface area contributed by atoms with Crippen LogP contribution in [0.5, 0.6) is 5.75 Å². The van der Waals surface area contributed by atoms with E-state index in [4.69, 9.17) is 4.74 Å². The SMILES string of the molecule is COc1ccncc1C1CCCN(C(=O)Cc2cnc3ccccc3c2)C1. The fraction of sp³-hybridized carbons (Fsp3) is 0.318. The van der Waals surface area contributed by atoms with Gasteiger partial charge in [0, 0.05) is 48.5 Å². The standard InChI is InChI=1S/C22H23N3O2/c1-27-21-8-9-23-14-19(21)18-6-4-10-25(15-18)22(26)12-16-11-17-5-2-3-7-20(17)24-13-16/h2-3,5,7-9,11,13-14,18H,4,6,10,12,15H2,1H3. The van der Waals surface area contributed by atoms with Crippen LogP contribution in [0.4, 0.5) is 0 Å². The van der Waals surface area contributed by atoms with E-state index < -0.39 is 0 Å². The van der Waals surface area contributed by atoms with Gasteiger partial charge < -0.3 is 9.64 Å². The van der Waals surface area contributed by atoms with Gasteiger partial charge in [-0.2, -0.15) is 0 Å².